The van der Waals surface area contributed by atoms with Gasteiger partial charge in [-0.05, 0) is 12.1 Å². The standard InChI is InChI=1S/C11H12N2O6/c1-7(14)18-6-8-5-9(19-11(15)12-2)3-4-10(8)13(16)17/h3-5H,6H2,1-2H3,(H,12,15). The van der Waals surface area contributed by atoms with Crippen molar-refractivity contribution in [1.29, 1.82) is 0 Å². The molecule has 0 aliphatic heterocycles. The molecule has 1 aromatic rings. The maximum Gasteiger partial charge on any atom is 0.412 e. The number of nitrogens with zero attached hydrogens (tertiary/aromatic N) is 1. The maximum atomic E-state index is 11.0. The first-order valence-corrected chi connectivity index (χ1v) is 5.24. The van der Waals surface area contributed by atoms with E-state index in [0.29, 0.717) is 0 Å². The van der Waals surface area contributed by atoms with Crippen LogP contribution in [-0.4, -0.2) is 24.0 Å². The molecule has 0 fully saturated rings. The molecule has 0 radical (unpaired) electrons. The van der Waals surface area contributed by atoms with Crippen LogP contribution in [0.2, 0.25) is 0 Å². The van der Waals surface area contributed by atoms with Gasteiger partial charge in [0.2, 0.25) is 0 Å². The van der Waals surface area contributed by atoms with E-state index >= 15 is 0 Å². The van der Waals surface area contributed by atoms with Gasteiger partial charge in [0.1, 0.15) is 12.4 Å². The lowest BCUT2D eigenvalue weighted by Gasteiger charge is -2.07. The fraction of sp³-hybridized carbons (Fsp3) is 0.273. The molecule has 8 nitrogen and oxygen atoms in total. The van der Waals surface area contributed by atoms with Crippen LogP contribution in [0.3, 0.4) is 0 Å². The van der Waals surface area contributed by atoms with Gasteiger partial charge in [-0.15, -0.1) is 0 Å². The Balaban J connectivity index is 3.00. The molecule has 1 aromatic carbocycles. The molecule has 0 heterocycles. The number of carbonyl (C=O) groups is 2. The number of hydrogen-bond donors (Lipinski definition) is 1. The van der Waals surface area contributed by atoms with Gasteiger partial charge in [-0.3, -0.25) is 14.9 Å². The zero-order valence-electron chi connectivity index (χ0n) is 10.3. The second-order valence-corrected chi connectivity index (χ2v) is 3.47. The maximum absolute atomic E-state index is 11.0. The predicted octanol–water partition coefficient (Wildman–Crippen LogP) is 1.38. The normalized spacial score (nSPS) is 9.58. The SMILES string of the molecule is CNC(=O)Oc1ccc([N+](=O)[O-])c(COC(C)=O)c1. The average molecular weight is 268 g/mol. The minimum atomic E-state index is -0.702. The van der Waals surface area contributed by atoms with Gasteiger partial charge < -0.3 is 14.8 Å². The quantitative estimate of drug-likeness (QED) is 0.502. The number of nitrogens with one attached hydrogen (secondary N) is 1. The third-order valence-electron chi connectivity index (χ3n) is 2.09. The van der Waals surface area contributed by atoms with E-state index in [9.17, 15) is 19.7 Å². The molecular weight excluding hydrogens is 256 g/mol. The number of amides is 1. The van der Waals surface area contributed by atoms with Crippen molar-refractivity contribution in [3.63, 3.8) is 0 Å². The van der Waals surface area contributed by atoms with Crippen LogP contribution >= 0.6 is 0 Å². The Morgan fingerprint density at radius 3 is 2.63 bits per heavy atom. The zero-order chi connectivity index (χ0) is 14.4. The first-order valence-electron chi connectivity index (χ1n) is 5.24. The summed E-state index contributed by atoms with van der Waals surface area (Å²) in [5.41, 5.74) is -0.0768. The number of benzene rings is 1. The molecule has 0 aromatic heterocycles. The Morgan fingerprint density at radius 1 is 1.42 bits per heavy atom. The van der Waals surface area contributed by atoms with E-state index in [1.165, 1.54) is 32.2 Å². The van der Waals surface area contributed by atoms with E-state index < -0.39 is 17.0 Å². The molecule has 0 saturated heterocycles. The topological polar surface area (TPSA) is 108 Å². The Kier molecular flexibility index (Phi) is 4.81. The summed E-state index contributed by atoms with van der Waals surface area (Å²) in [4.78, 5) is 31.9. The van der Waals surface area contributed by atoms with Crippen molar-refractivity contribution >= 4 is 17.7 Å². The molecule has 0 aliphatic carbocycles. The first-order chi connectivity index (χ1) is 8.93. The van der Waals surface area contributed by atoms with Crippen LogP contribution in [0.4, 0.5) is 10.5 Å². The Labute approximate surface area is 108 Å². The van der Waals surface area contributed by atoms with E-state index in [2.05, 4.69) is 5.32 Å². The third-order valence-corrected chi connectivity index (χ3v) is 2.09. The minimum absolute atomic E-state index is 0.118. The highest BCUT2D eigenvalue weighted by molar-refractivity contribution is 5.70. The lowest BCUT2D eigenvalue weighted by Crippen LogP contribution is -2.22. The van der Waals surface area contributed by atoms with Crippen LogP contribution in [0.5, 0.6) is 5.75 Å². The van der Waals surface area contributed by atoms with E-state index in [4.69, 9.17) is 9.47 Å². The van der Waals surface area contributed by atoms with Gasteiger partial charge in [-0.25, -0.2) is 4.79 Å². The highest BCUT2D eigenvalue weighted by atomic mass is 16.6. The van der Waals surface area contributed by atoms with Crippen LogP contribution in [0.1, 0.15) is 12.5 Å². The largest absolute Gasteiger partial charge is 0.461 e. The monoisotopic (exact) mass is 268 g/mol. The molecule has 1 amide bonds. The van der Waals surface area contributed by atoms with Crippen molar-refractivity contribution < 1.29 is 24.0 Å². The summed E-state index contributed by atoms with van der Waals surface area (Å²) >= 11 is 0. The molecular formula is C11H12N2O6. The van der Waals surface area contributed by atoms with Gasteiger partial charge in [0.15, 0.2) is 0 Å². The summed E-state index contributed by atoms with van der Waals surface area (Å²) in [5.74, 6) is -0.445. The van der Waals surface area contributed by atoms with Gasteiger partial charge in [0, 0.05) is 20.0 Å². The Hall–Kier alpha value is -2.64. The van der Waals surface area contributed by atoms with Crippen molar-refractivity contribution in [3.8, 4) is 5.75 Å². The van der Waals surface area contributed by atoms with Crippen molar-refractivity contribution in [2.45, 2.75) is 13.5 Å². The zero-order valence-corrected chi connectivity index (χ0v) is 10.3. The average Bonchev–Trinajstić information content (AvgIpc) is 2.36. The summed E-state index contributed by atoms with van der Waals surface area (Å²) in [7, 11) is 1.38. The van der Waals surface area contributed by atoms with E-state index in [-0.39, 0.29) is 23.6 Å². The Bertz CT molecular complexity index is 514. The summed E-state index contributed by atoms with van der Waals surface area (Å²) in [6.45, 7) is 0.924. The van der Waals surface area contributed by atoms with Crippen LogP contribution in [0.25, 0.3) is 0 Å². The van der Waals surface area contributed by atoms with Crippen LogP contribution < -0.4 is 10.1 Å². The van der Waals surface area contributed by atoms with E-state index in [1.807, 2.05) is 0 Å². The summed E-state index contributed by atoms with van der Waals surface area (Å²) in [6.07, 6.45) is -0.702. The molecule has 1 N–H and O–H groups in total. The molecule has 0 spiro atoms. The summed E-state index contributed by atoms with van der Waals surface area (Å²) in [5, 5.41) is 13.0. The van der Waals surface area contributed by atoms with E-state index in [0.717, 1.165) is 0 Å². The molecule has 0 unspecified atom stereocenters. The van der Waals surface area contributed by atoms with Crippen molar-refractivity contribution in [2.75, 3.05) is 7.05 Å². The van der Waals surface area contributed by atoms with E-state index in [1.54, 1.807) is 0 Å². The number of rotatable bonds is 4. The van der Waals surface area contributed by atoms with Gasteiger partial charge in [0.05, 0.1) is 10.5 Å². The summed E-state index contributed by atoms with van der Waals surface area (Å²) in [6, 6.07) is 3.73. The highest BCUT2D eigenvalue weighted by Crippen LogP contribution is 2.25. The molecule has 0 bridgehead atoms. The fourth-order valence-corrected chi connectivity index (χ4v) is 1.26. The Morgan fingerprint density at radius 2 is 2.11 bits per heavy atom. The second kappa shape index (κ2) is 6.34. The van der Waals surface area contributed by atoms with Gasteiger partial charge in [-0.1, -0.05) is 0 Å². The lowest BCUT2D eigenvalue weighted by atomic mass is 10.2. The molecule has 8 heteroatoms. The number of esters is 1. The molecule has 1 rings (SSSR count). The second-order valence-electron chi connectivity index (χ2n) is 3.47. The fourth-order valence-electron chi connectivity index (χ4n) is 1.26. The number of nitro benzene ring substituents is 1. The molecule has 0 atom stereocenters. The highest BCUT2D eigenvalue weighted by Gasteiger charge is 2.16. The number of ether oxygens (including phenoxy) is 2. The number of hydrogen-bond acceptors (Lipinski definition) is 6. The molecule has 19 heavy (non-hydrogen) atoms. The predicted molar refractivity (Wildman–Crippen MR) is 63.7 cm³/mol. The smallest absolute Gasteiger partial charge is 0.412 e. The van der Waals surface area contributed by atoms with Crippen molar-refractivity contribution in [2.24, 2.45) is 0 Å². The summed E-state index contributed by atoms with van der Waals surface area (Å²) < 4.78 is 9.54. The van der Waals surface area contributed by atoms with Gasteiger partial charge >= 0.3 is 12.1 Å². The van der Waals surface area contributed by atoms with Gasteiger partial charge in [-0.2, -0.15) is 0 Å². The van der Waals surface area contributed by atoms with Crippen molar-refractivity contribution in [1.82, 2.24) is 5.32 Å². The number of carbonyl (C=O) groups excluding carboxylic acids is 2. The lowest BCUT2D eigenvalue weighted by molar-refractivity contribution is -0.385. The van der Waals surface area contributed by atoms with Crippen LogP contribution in [0, 0.1) is 10.1 Å². The molecule has 0 saturated carbocycles. The third kappa shape index (κ3) is 4.26. The molecule has 102 valence electrons. The van der Waals surface area contributed by atoms with Crippen LogP contribution in [0.15, 0.2) is 18.2 Å². The van der Waals surface area contributed by atoms with Crippen LogP contribution in [-0.2, 0) is 16.1 Å². The minimum Gasteiger partial charge on any atom is -0.461 e. The number of nitro groups is 1. The molecule has 0 aliphatic rings. The van der Waals surface area contributed by atoms with Crippen molar-refractivity contribution in [3.05, 3.63) is 33.9 Å². The first kappa shape index (κ1) is 14.4. The van der Waals surface area contributed by atoms with Gasteiger partial charge in [0.25, 0.3) is 5.69 Å².